The lowest BCUT2D eigenvalue weighted by Gasteiger charge is -2.38. The van der Waals surface area contributed by atoms with Crippen molar-refractivity contribution in [2.24, 2.45) is 5.73 Å². The molecule has 3 aromatic heterocycles. The SMILES string of the molecule is CNC1CCCCC1N(C)c1ccc(C(N)=O)c(Nc2cnc3cccnc3c2)n1. The molecule has 1 saturated carbocycles. The van der Waals surface area contributed by atoms with Crippen LogP contribution in [0, 0.1) is 0 Å². The number of anilines is 3. The molecule has 0 spiro atoms. The molecule has 0 aromatic carbocycles. The summed E-state index contributed by atoms with van der Waals surface area (Å²) in [7, 11) is 4.06. The van der Waals surface area contributed by atoms with Crippen molar-refractivity contribution in [2.45, 2.75) is 37.8 Å². The van der Waals surface area contributed by atoms with Gasteiger partial charge in [0.25, 0.3) is 5.91 Å². The van der Waals surface area contributed by atoms with E-state index >= 15 is 0 Å². The zero-order valence-corrected chi connectivity index (χ0v) is 17.3. The Kier molecular flexibility index (Phi) is 5.76. The average Bonchev–Trinajstić information content (AvgIpc) is 2.78. The Morgan fingerprint density at radius 3 is 2.80 bits per heavy atom. The van der Waals surface area contributed by atoms with Gasteiger partial charge in [-0.25, -0.2) is 4.98 Å². The summed E-state index contributed by atoms with van der Waals surface area (Å²) in [4.78, 5) is 27.7. The fourth-order valence-corrected chi connectivity index (χ4v) is 4.18. The summed E-state index contributed by atoms with van der Waals surface area (Å²) >= 11 is 0. The van der Waals surface area contributed by atoms with Crippen LogP contribution in [0.4, 0.5) is 17.3 Å². The first-order chi connectivity index (χ1) is 14.6. The minimum Gasteiger partial charge on any atom is -0.365 e. The summed E-state index contributed by atoms with van der Waals surface area (Å²) in [5, 5.41) is 6.64. The van der Waals surface area contributed by atoms with Crippen LogP contribution in [0.3, 0.4) is 0 Å². The van der Waals surface area contributed by atoms with Crippen LogP contribution >= 0.6 is 0 Å². The van der Waals surface area contributed by atoms with Gasteiger partial charge in [-0.3, -0.25) is 14.8 Å². The predicted octanol–water partition coefficient (Wildman–Crippen LogP) is 2.83. The smallest absolute Gasteiger partial charge is 0.252 e. The zero-order valence-electron chi connectivity index (χ0n) is 17.3. The quantitative estimate of drug-likeness (QED) is 0.578. The van der Waals surface area contributed by atoms with Gasteiger partial charge < -0.3 is 21.3 Å². The lowest BCUT2D eigenvalue weighted by atomic mass is 9.89. The molecule has 3 heterocycles. The van der Waals surface area contributed by atoms with Crippen molar-refractivity contribution in [3.8, 4) is 0 Å². The highest BCUT2D eigenvalue weighted by atomic mass is 16.1. The van der Waals surface area contributed by atoms with Crippen LogP contribution in [0.2, 0.25) is 0 Å². The lowest BCUT2D eigenvalue weighted by molar-refractivity contribution is 0.100. The Balaban J connectivity index is 1.66. The molecule has 30 heavy (non-hydrogen) atoms. The standard InChI is InChI=1S/C22H27N7O/c1-24-17-6-3-4-8-19(17)29(2)20-10-9-15(21(23)30)22(28-20)27-14-12-18-16(26-13-14)7-5-11-25-18/h5,7,9-13,17,19,24H,3-4,6,8H2,1-2H3,(H2,23,30)(H,27,28). The van der Waals surface area contributed by atoms with Gasteiger partial charge in [-0.1, -0.05) is 12.8 Å². The molecule has 2 atom stereocenters. The van der Waals surface area contributed by atoms with Gasteiger partial charge in [0.05, 0.1) is 28.5 Å². The molecule has 1 fully saturated rings. The maximum absolute atomic E-state index is 12.0. The number of rotatable bonds is 6. The van der Waals surface area contributed by atoms with E-state index in [2.05, 4.69) is 32.5 Å². The zero-order chi connectivity index (χ0) is 21.1. The molecule has 3 aromatic rings. The first-order valence-electron chi connectivity index (χ1n) is 10.3. The number of likely N-dealkylation sites (N-methyl/N-ethyl adjacent to an activating group) is 2. The number of fused-ring (bicyclic) bond motifs is 1. The summed E-state index contributed by atoms with van der Waals surface area (Å²) in [5.41, 5.74) is 8.19. The van der Waals surface area contributed by atoms with Gasteiger partial charge in [-0.05, 0) is 50.2 Å². The van der Waals surface area contributed by atoms with E-state index in [0.717, 1.165) is 29.7 Å². The van der Waals surface area contributed by atoms with Crippen LogP contribution in [0.15, 0.2) is 42.7 Å². The number of hydrogen-bond acceptors (Lipinski definition) is 7. The third kappa shape index (κ3) is 4.04. The number of carbonyl (C=O) groups is 1. The van der Waals surface area contributed by atoms with Crippen molar-refractivity contribution >= 4 is 34.3 Å². The molecule has 0 saturated heterocycles. The van der Waals surface area contributed by atoms with E-state index in [1.165, 1.54) is 12.8 Å². The molecule has 8 heteroatoms. The van der Waals surface area contributed by atoms with Gasteiger partial charge in [0.1, 0.15) is 11.6 Å². The molecule has 0 radical (unpaired) electrons. The van der Waals surface area contributed by atoms with Crippen molar-refractivity contribution in [2.75, 3.05) is 24.3 Å². The van der Waals surface area contributed by atoms with E-state index in [1.807, 2.05) is 31.3 Å². The van der Waals surface area contributed by atoms with Crippen molar-refractivity contribution in [1.82, 2.24) is 20.3 Å². The first kappa shape index (κ1) is 20.0. The molecule has 1 amide bonds. The van der Waals surface area contributed by atoms with Crippen LogP contribution in [-0.4, -0.2) is 47.0 Å². The molecule has 2 unspecified atom stereocenters. The molecule has 1 aliphatic carbocycles. The highest BCUT2D eigenvalue weighted by Crippen LogP contribution is 2.28. The second-order valence-electron chi connectivity index (χ2n) is 7.68. The fourth-order valence-electron chi connectivity index (χ4n) is 4.18. The number of nitrogens with one attached hydrogen (secondary N) is 2. The number of aromatic nitrogens is 3. The van der Waals surface area contributed by atoms with Gasteiger partial charge in [-0.2, -0.15) is 0 Å². The van der Waals surface area contributed by atoms with Crippen LogP contribution in [0.25, 0.3) is 11.0 Å². The number of primary amides is 1. The van der Waals surface area contributed by atoms with E-state index < -0.39 is 5.91 Å². The van der Waals surface area contributed by atoms with Crippen molar-refractivity contribution in [3.63, 3.8) is 0 Å². The second kappa shape index (κ2) is 8.62. The Hall–Kier alpha value is -3.26. The highest BCUT2D eigenvalue weighted by molar-refractivity contribution is 5.98. The van der Waals surface area contributed by atoms with Crippen LogP contribution in [0.1, 0.15) is 36.0 Å². The minimum absolute atomic E-state index is 0.335. The van der Waals surface area contributed by atoms with Gasteiger partial charge >= 0.3 is 0 Å². The minimum atomic E-state index is -0.531. The number of amides is 1. The summed E-state index contributed by atoms with van der Waals surface area (Å²) in [6.45, 7) is 0. The normalized spacial score (nSPS) is 18.9. The number of pyridine rings is 3. The molecule has 4 N–H and O–H groups in total. The third-order valence-electron chi connectivity index (χ3n) is 5.82. The number of nitrogens with two attached hydrogens (primary N) is 1. The van der Waals surface area contributed by atoms with Crippen LogP contribution in [-0.2, 0) is 0 Å². The van der Waals surface area contributed by atoms with Gasteiger partial charge in [-0.15, -0.1) is 0 Å². The molecule has 0 bridgehead atoms. The number of carbonyl (C=O) groups excluding carboxylic acids is 1. The van der Waals surface area contributed by atoms with E-state index in [0.29, 0.717) is 29.2 Å². The molecule has 8 nitrogen and oxygen atoms in total. The predicted molar refractivity (Wildman–Crippen MR) is 119 cm³/mol. The Labute approximate surface area is 175 Å². The fraction of sp³-hybridized carbons (Fsp3) is 0.364. The second-order valence-corrected chi connectivity index (χ2v) is 7.68. The van der Waals surface area contributed by atoms with Gasteiger partial charge in [0.15, 0.2) is 0 Å². The summed E-state index contributed by atoms with van der Waals surface area (Å²) in [5.74, 6) is 0.680. The molecule has 4 rings (SSSR count). The molecule has 156 valence electrons. The first-order valence-corrected chi connectivity index (χ1v) is 10.3. The molecular formula is C22H27N7O. The highest BCUT2D eigenvalue weighted by Gasteiger charge is 2.28. The van der Waals surface area contributed by atoms with Gasteiger partial charge in [0.2, 0.25) is 0 Å². The van der Waals surface area contributed by atoms with Crippen molar-refractivity contribution < 1.29 is 4.79 Å². The van der Waals surface area contributed by atoms with Gasteiger partial charge in [0, 0.05) is 25.3 Å². The van der Waals surface area contributed by atoms with Crippen molar-refractivity contribution in [1.29, 1.82) is 0 Å². The van der Waals surface area contributed by atoms with E-state index in [1.54, 1.807) is 18.5 Å². The number of nitrogens with zero attached hydrogens (tertiary/aromatic N) is 4. The molecule has 0 aliphatic heterocycles. The monoisotopic (exact) mass is 405 g/mol. The molecular weight excluding hydrogens is 378 g/mol. The van der Waals surface area contributed by atoms with Crippen molar-refractivity contribution in [3.05, 3.63) is 48.3 Å². The van der Waals surface area contributed by atoms with E-state index in [4.69, 9.17) is 10.7 Å². The van der Waals surface area contributed by atoms with E-state index in [-0.39, 0.29) is 0 Å². The summed E-state index contributed by atoms with van der Waals surface area (Å²) in [6, 6.07) is 9.96. The number of hydrogen-bond donors (Lipinski definition) is 3. The molecule has 1 aliphatic rings. The Bertz CT molecular complexity index is 1050. The topological polar surface area (TPSA) is 109 Å². The summed E-state index contributed by atoms with van der Waals surface area (Å²) < 4.78 is 0. The maximum atomic E-state index is 12.0. The average molecular weight is 406 g/mol. The van der Waals surface area contributed by atoms with E-state index in [9.17, 15) is 4.79 Å². The largest absolute Gasteiger partial charge is 0.365 e. The van der Waals surface area contributed by atoms with Crippen LogP contribution in [0.5, 0.6) is 0 Å². The lowest BCUT2D eigenvalue weighted by Crippen LogP contribution is -2.49. The summed E-state index contributed by atoms with van der Waals surface area (Å²) in [6.07, 6.45) is 8.10. The Morgan fingerprint density at radius 1 is 1.17 bits per heavy atom. The maximum Gasteiger partial charge on any atom is 0.252 e. The van der Waals surface area contributed by atoms with Crippen LogP contribution < -0.4 is 21.3 Å². The third-order valence-corrected chi connectivity index (χ3v) is 5.82. The Morgan fingerprint density at radius 2 is 2.00 bits per heavy atom.